The van der Waals surface area contributed by atoms with Gasteiger partial charge in [0.25, 0.3) is 5.91 Å². The van der Waals surface area contributed by atoms with Crippen molar-refractivity contribution < 1.29 is 4.79 Å². The van der Waals surface area contributed by atoms with Crippen LogP contribution in [0, 0.1) is 0 Å². The molecule has 1 atom stereocenters. The van der Waals surface area contributed by atoms with Gasteiger partial charge in [-0.25, -0.2) is 4.98 Å². The predicted molar refractivity (Wildman–Crippen MR) is 88.1 cm³/mol. The van der Waals surface area contributed by atoms with E-state index in [1.165, 1.54) is 0 Å². The van der Waals surface area contributed by atoms with Crippen LogP contribution in [0.15, 0.2) is 48.8 Å². The smallest absolute Gasteiger partial charge is 0.254 e. The molecule has 0 saturated carbocycles. The molecule has 0 aliphatic carbocycles. The highest BCUT2D eigenvalue weighted by Crippen LogP contribution is 2.23. The molecule has 112 valence electrons. The van der Waals surface area contributed by atoms with Crippen molar-refractivity contribution in [1.82, 2.24) is 14.9 Å². The maximum atomic E-state index is 12.7. The van der Waals surface area contributed by atoms with Crippen LogP contribution >= 0.6 is 11.6 Å². The lowest BCUT2D eigenvalue weighted by Gasteiger charge is -2.25. The molecule has 0 unspecified atom stereocenters. The van der Waals surface area contributed by atoms with Crippen molar-refractivity contribution in [2.75, 3.05) is 7.05 Å². The molecular formula is C17H16ClN3O. The van der Waals surface area contributed by atoms with Crippen LogP contribution in [0.1, 0.15) is 28.9 Å². The van der Waals surface area contributed by atoms with Crippen LogP contribution in [0.3, 0.4) is 0 Å². The summed E-state index contributed by atoms with van der Waals surface area (Å²) in [6.45, 7) is 2.00. The van der Waals surface area contributed by atoms with E-state index in [-0.39, 0.29) is 11.9 Å². The van der Waals surface area contributed by atoms with Gasteiger partial charge in [-0.1, -0.05) is 23.7 Å². The number of hydrogen-bond acceptors (Lipinski definition) is 2. The molecule has 1 heterocycles. The molecule has 0 spiro atoms. The summed E-state index contributed by atoms with van der Waals surface area (Å²) in [5, 5.41) is 0.689. The van der Waals surface area contributed by atoms with Gasteiger partial charge in [0.15, 0.2) is 0 Å². The van der Waals surface area contributed by atoms with Gasteiger partial charge in [0.05, 0.1) is 23.4 Å². The maximum Gasteiger partial charge on any atom is 0.254 e. The van der Waals surface area contributed by atoms with Gasteiger partial charge in [-0.3, -0.25) is 4.79 Å². The number of halogens is 1. The first kappa shape index (κ1) is 14.6. The summed E-state index contributed by atoms with van der Waals surface area (Å²) in [5.41, 5.74) is 3.39. The van der Waals surface area contributed by atoms with Gasteiger partial charge in [-0.15, -0.1) is 0 Å². The summed E-state index contributed by atoms with van der Waals surface area (Å²) >= 11 is 5.91. The van der Waals surface area contributed by atoms with Gasteiger partial charge in [0.2, 0.25) is 0 Å². The van der Waals surface area contributed by atoms with Crippen LogP contribution in [0.25, 0.3) is 11.0 Å². The molecule has 0 aliphatic rings. The molecule has 1 amide bonds. The van der Waals surface area contributed by atoms with Crippen molar-refractivity contribution in [2.45, 2.75) is 13.0 Å². The number of hydrogen-bond donors (Lipinski definition) is 1. The van der Waals surface area contributed by atoms with Crippen LogP contribution < -0.4 is 0 Å². The van der Waals surface area contributed by atoms with Gasteiger partial charge in [0, 0.05) is 17.6 Å². The number of fused-ring (bicyclic) bond motifs is 1. The fourth-order valence-electron chi connectivity index (χ4n) is 2.41. The molecule has 0 bridgehead atoms. The Morgan fingerprint density at radius 3 is 2.68 bits per heavy atom. The normalized spacial score (nSPS) is 12.3. The van der Waals surface area contributed by atoms with Gasteiger partial charge in [-0.2, -0.15) is 0 Å². The van der Waals surface area contributed by atoms with E-state index in [1.54, 1.807) is 24.3 Å². The van der Waals surface area contributed by atoms with Crippen molar-refractivity contribution in [2.24, 2.45) is 0 Å². The largest absolute Gasteiger partial charge is 0.345 e. The van der Waals surface area contributed by atoms with E-state index in [4.69, 9.17) is 11.6 Å². The number of benzene rings is 2. The van der Waals surface area contributed by atoms with Gasteiger partial charge >= 0.3 is 0 Å². The maximum absolute atomic E-state index is 12.7. The average molecular weight is 314 g/mol. The Morgan fingerprint density at radius 2 is 1.95 bits per heavy atom. The van der Waals surface area contributed by atoms with Gasteiger partial charge in [0.1, 0.15) is 0 Å². The van der Waals surface area contributed by atoms with Crippen molar-refractivity contribution in [1.29, 1.82) is 0 Å². The van der Waals surface area contributed by atoms with E-state index in [2.05, 4.69) is 9.97 Å². The molecule has 3 aromatic rings. The fraction of sp³-hybridized carbons (Fsp3) is 0.176. The molecule has 2 aromatic carbocycles. The van der Waals surface area contributed by atoms with E-state index < -0.39 is 0 Å². The fourth-order valence-corrected chi connectivity index (χ4v) is 2.54. The third-order valence-electron chi connectivity index (χ3n) is 3.92. The molecular weight excluding hydrogens is 298 g/mol. The lowest BCUT2D eigenvalue weighted by atomic mass is 10.1. The van der Waals surface area contributed by atoms with E-state index >= 15 is 0 Å². The summed E-state index contributed by atoms with van der Waals surface area (Å²) in [6.07, 6.45) is 1.62. The van der Waals surface area contributed by atoms with E-state index in [9.17, 15) is 4.79 Å². The Morgan fingerprint density at radius 1 is 1.23 bits per heavy atom. The zero-order chi connectivity index (χ0) is 15.7. The average Bonchev–Trinajstić information content (AvgIpc) is 3.01. The number of aromatic nitrogens is 2. The standard InChI is InChI=1S/C17H16ClN3O/c1-11(12-3-6-14(18)7-4-12)21(2)17(22)13-5-8-15-16(9-13)20-10-19-15/h3-11H,1-2H3,(H,19,20)/t11-/m1/s1. The van der Waals surface area contributed by atoms with Crippen molar-refractivity contribution in [3.05, 3.63) is 64.9 Å². The molecule has 1 N–H and O–H groups in total. The number of H-pyrrole nitrogens is 1. The van der Waals surface area contributed by atoms with Crippen molar-refractivity contribution in [3.8, 4) is 0 Å². The Balaban J connectivity index is 1.85. The minimum Gasteiger partial charge on any atom is -0.345 e. The van der Waals surface area contributed by atoms with Gasteiger partial charge < -0.3 is 9.88 Å². The number of carbonyl (C=O) groups excluding carboxylic acids is 1. The summed E-state index contributed by atoms with van der Waals surface area (Å²) < 4.78 is 0. The first-order valence-electron chi connectivity index (χ1n) is 7.02. The molecule has 0 fully saturated rings. The summed E-state index contributed by atoms with van der Waals surface area (Å²) in [6, 6.07) is 13.0. The number of amides is 1. The number of rotatable bonds is 3. The predicted octanol–water partition coefficient (Wildman–Crippen LogP) is 4.05. The first-order valence-corrected chi connectivity index (χ1v) is 7.40. The highest BCUT2D eigenvalue weighted by atomic mass is 35.5. The van der Waals surface area contributed by atoms with Gasteiger partial charge in [-0.05, 0) is 42.8 Å². The van der Waals surface area contributed by atoms with Crippen LogP contribution in [0.5, 0.6) is 0 Å². The van der Waals surface area contributed by atoms with Crippen LogP contribution in [-0.4, -0.2) is 27.8 Å². The Bertz CT molecular complexity index is 810. The monoisotopic (exact) mass is 313 g/mol. The first-order chi connectivity index (χ1) is 10.6. The third kappa shape index (κ3) is 2.70. The second-order valence-corrected chi connectivity index (χ2v) is 5.71. The van der Waals surface area contributed by atoms with E-state index in [0.717, 1.165) is 16.6 Å². The minimum atomic E-state index is -0.0396. The highest BCUT2D eigenvalue weighted by molar-refractivity contribution is 6.30. The van der Waals surface area contributed by atoms with Crippen molar-refractivity contribution >= 4 is 28.5 Å². The highest BCUT2D eigenvalue weighted by Gasteiger charge is 2.19. The van der Waals surface area contributed by atoms with E-state index in [0.29, 0.717) is 10.6 Å². The third-order valence-corrected chi connectivity index (χ3v) is 4.17. The number of nitrogens with one attached hydrogen (secondary N) is 1. The number of aromatic amines is 1. The quantitative estimate of drug-likeness (QED) is 0.793. The summed E-state index contributed by atoms with van der Waals surface area (Å²) in [7, 11) is 1.80. The summed E-state index contributed by atoms with van der Waals surface area (Å²) in [5.74, 6) is -0.0287. The Kier molecular flexibility index (Phi) is 3.86. The lowest BCUT2D eigenvalue weighted by molar-refractivity contribution is 0.0743. The molecule has 3 rings (SSSR count). The lowest BCUT2D eigenvalue weighted by Crippen LogP contribution is -2.29. The van der Waals surface area contributed by atoms with Crippen molar-refractivity contribution in [3.63, 3.8) is 0 Å². The number of nitrogens with zero attached hydrogens (tertiary/aromatic N) is 2. The molecule has 4 nitrogen and oxygen atoms in total. The molecule has 22 heavy (non-hydrogen) atoms. The summed E-state index contributed by atoms with van der Waals surface area (Å²) in [4.78, 5) is 21.6. The zero-order valence-electron chi connectivity index (χ0n) is 12.4. The van der Waals surface area contributed by atoms with E-state index in [1.807, 2.05) is 43.3 Å². The second kappa shape index (κ2) is 5.81. The molecule has 0 aliphatic heterocycles. The number of carbonyl (C=O) groups is 1. The topological polar surface area (TPSA) is 49.0 Å². The second-order valence-electron chi connectivity index (χ2n) is 5.28. The Labute approximate surface area is 133 Å². The zero-order valence-corrected chi connectivity index (χ0v) is 13.1. The Hall–Kier alpha value is -2.33. The van der Waals surface area contributed by atoms with Crippen LogP contribution in [0.2, 0.25) is 5.02 Å². The molecule has 0 radical (unpaired) electrons. The molecule has 5 heteroatoms. The molecule has 0 saturated heterocycles. The van der Waals surface area contributed by atoms with Crippen LogP contribution in [-0.2, 0) is 0 Å². The minimum absolute atomic E-state index is 0.0287. The molecule has 1 aromatic heterocycles. The SMILES string of the molecule is C[C@H](c1ccc(Cl)cc1)N(C)C(=O)c1ccc2nc[nH]c2c1. The number of imidazole rings is 1. The van der Waals surface area contributed by atoms with Crippen LogP contribution in [0.4, 0.5) is 0 Å².